The first kappa shape index (κ1) is 15.7. The lowest BCUT2D eigenvalue weighted by atomic mass is 9.94. The fourth-order valence-corrected chi connectivity index (χ4v) is 3.71. The molecule has 0 saturated heterocycles. The molecule has 0 aromatic heterocycles. The zero-order valence-electron chi connectivity index (χ0n) is 14.7. The molecule has 3 aromatic carbocycles. The summed E-state index contributed by atoms with van der Waals surface area (Å²) in [6.07, 6.45) is 0. The molecule has 0 heterocycles. The molecule has 1 saturated carbocycles. The van der Waals surface area contributed by atoms with Crippen molar-refractivity contribution >= 4 is 5.57 Å². The van der Waals surface area contributed by atoms with E-state index in [4.69, 9.17) is 0 Å². The van der Waals surface area contributed by atoms with E-state index in [1.807, 2.05) is 0 Å². The third kappa shape index (κ3) is 2.76. The topological polar surface area (TPSA) is 0 Å². The van der Waals surface area contributed by atoms with Crippen molar-refractivity contribution in [3.8, 4) is 0 Å². The Morgan fingerprint density at radius 2 is 1.16 bits per heavy atom. The molecule has 4 rings (SSSR count). The molecule has 1 fully saturated rings. The van der Waals surface area contributed by atoms with E-state index in [2.05, 4.69) is 111 Å². The van der Waals surface area contributed by atoms with E-state index in [0.717, 1.165) is 0 Å². The summed E-state index contributed by atoms with van der Waals surface area (Å²) in [4.78, 5) is 0. The van der Waals surface area contributed by atoms with Crippen LogP contribution in [0, 0.1) is 5.92 Å². The summed E-state index contributed by atoms with van der Waals surface area (Å²) in [7, 11) is 0. The highest BCUT2D eigenvalue weighted by Crippen LogP contribution is 2.58. The fraction of sp³-hybridized carbons (Fsp3) is 0.160. The Kier molecular flexibility index (Phi) is 3.92. The van der Waals surface area contributed by atoms with Crippen molar-refractivity contribution in [2.45, 2.75) is 19.3 Å². The van der Waals surface area contributed by atoms with Gasteiger partial charge in [-0.3, -0.25) is 0 Å². The number of hydrogen-bond acceptors (Lipinski definition) is 0. The van der Waals surface area contributed by atoms with Gasteiger partial charge in [-0.2, -0.15) is 0 Å². The van der Waals surface area contributed by atoms with Crippen LogP contribution in [-0.2, 0) is 5.41 Å². The van der Waals surface area contributed by atoms with Gasteiger partial charge in [0.25, 0.3) is 0 Å². The minimum atomic E-state index is 0.0933. The lowest BCUT2D eigenvalue weighted by Crippen LogP contribution is -2.02. The van der Waals surface area contributed by atoms with E-state index in [1.165, 1.54) is 27.8 Å². The predicted octanol–water partition coefficient (Wildman–Crippen LogP) is 6.25. The zero-order chi connectivity index (χ0) is 17.3. The summed E-state index contributed by atoms with van der Waals surface area (Å²) < 4.78 is 0. The first-order valence-corrected chi connectivity index (χ1v) is 8.89. The second-order valence-corrected chi connectivity index (χ2v) is 6.94. The molecule has 0 N–H and O–H groups in total. The van der Waals surface area contributed by atoms with Crippen LogP contribution in [0.3, 0.4) is 0 Å². The van der Waals surface area contributed by atoms with Crippen LogP contribution in [0.2, 0.25) is 0 Å². The van der Waals surface area contributed by atoms with Gasteiger partial charge in [0.1, 0.15) is 0 Å². The molecule has 0 spiro atoms. The van der Waals surface area contributed by atoms with Crippen LogP contribution >= 0.6 is 0 Å². The summed E-state index contributed by atoms with van der Waals surface area (Å²) >= 11 is 0. The van der Waals surface area contributed by atoms with Crippen LogP contribution in [0.5, 0.6) is 0 Å². The van der Waals surface area contributed by atoms with E-state index >= 15 is 0 Å². The minimum absolute atomic E-state index is 0.0933. The normalized spacial score (nSPS) is 21.5. The molecule has 122 valence electrons. The van der Waals surface area contributed by atoms with Gasteiger partial charge < -0.3 is 0 Å². The predicted molar refractivity (Wildman–Crippen MR) is 105 cm³/mol. The highest BCUT2D eigenvalue weighted by Gasteiger charge is 2.54. The van der Waals surface area contributed by atoms with E-state index in [9.17, 15) is 0 Å². The van der Waals surface area contributed by atoms with Gasteiger partial charge in [-0.25, -0.2) is 0 Å². The average Bonchev–Trinajstić information content (AvgIpc) is 3.22. The standard InChI is InChI=1S/C25H22/c1-19-24(25(19,2)22-16-10-5-11-17-22)18-23(20-12-6-3-7-13-20)21-14-8-4-9-15-21/h3-17,19H,1-2H3. The van der Waals surface area contributed by atoms with Crippen LogP contribution in [-0.4, -0.2) is 0 Å². The molecular formula is C25H22. The van der Waals surface area contributed by atoms with Crippen LogP contribution in [0.4, 0.5) is 0 Å². The molecule has 0 aliphatic heterocycles. The molecule has 0 amide bonds. The van der Waals surface area contributed by atoms with Gasteiger partial charge in [0, 0.05) is 11.0 Å². The van der Waals surface area contributed by atoms with Gasteiger partial charge in [-0.15, -0.1) is 5.73 Å². The number of hydrogen-bond donors (Lipinski definition) is 0. The highest BCUT2D eigenvalue weighted by molar-refractivity contribution is 5.80. The van der Waals surface area contributed by atoms with E-state index < -0.39 is 0 Å². The Labute approximate surface area is 150 Å². The molecule has 0 nitrogen and oxygen atoms in total. The quantitative estimate of drug-likeness (QED) is 0.500. The van der Waals surface area contributed by atoms with Crippen molar-refractivity contribution in [3.63, 3.8) is 0 Å². The molecule has 25 heavy (non-hydrogen) atoms. The lowest BCUT2D eigenvalue weighted by Gasteiger charge is -2.09. The summed E-state index contributed by atoms with van der Waals surface area (Å²) in [5.41, 5.74) is 10.3. The molecule has 1 aliphatic rings. The van der Waals surface area contributed by atoms with Crippen molar-refractivity contribution < 1.29 is 0 Å². The van der Waals surface area contributed by atoms with E-state index in [0.29, 0.717) is 5.92 Å². The van der Waals surface area contributed by atoms with Crippen molar-refractivity contribution in [1.29, 1.82) is 0 Å². The summed E-state index contributed by atoms with van der Waals surface area (Å²) in [6, 6.07) is 32.0. The smallest absolute Gasteiger partial charge is 0.0309 e. The number of allylic oxidation sites excluding steroid dienone is 1. The third-order valence-corrected chi connectivity index (χ3v) is 5.53. The van der Waals surface area contributed by atoms with Gasteiger partial charge in [-0.1, -0.05) is 105 Å². The Morgan fingerprint density at radius 1 is 0.720 bits per heavy atom. The molecule has 3 aromatic rings. The van der Waals surface area contributed by atoms with Crippen molar-refractivity contribution in [1.82, 2.24) is 0 Å². The SMILES string of the molecule is CC1C(=C=C(c2ccccc2)c2ccccc2)C1(C)c1ccccc1. The first-order valence-electron chi connectivity index (χ1n) is 8.89. The van der Waals surface area contributed by atoms with Crippen molar-refractivity contribution in [3.05, 3.63) is 119 Å². The van der Waals surface area contributed by atoms with E-state index in [1.54, 1.807) is 0 Å². The lowest BCUT2D eigenvalue weighted by molar-refractivity contribution is 0.707. The van der Waals surface area contributed by atoms with Crippen LogP contribution in [0.1, 0.15) is 30.5 Å². The Morgan fingerprint density at radius 3 is 1.64 bits per heavy atom. The molecule has 2 atom stereocenters. The molecule has 1 aliphatic carbocycles. The Balaban J connectivity index is 1.90. The van der Waals surface area contributed by atoms with Gasteiger partial charge in [-0.05, 0) is 28.2 Å². The number of rotatable bonds is 3. The summed E-state index contributed by atoms with van der Waals surface area (Å²) in [5, 5.41) is 0. The maximum atomic E-state index is 3.80. The highest BCUT2D eigenvalue weighted by atomic mass is 14.6. The average molecular weight is 322 g/mol. The molecule has 2 unspecified atom stereocenters. The van der Waals surface area contributed by atoms with Crippen molar-refractivity contribution in [2.75, 3.05) is 0 Å². The fourth-order valence-electron chi connectivity index (χ4n) is 3.71. The van der Waals surface area contributed by atoms with Crippen LogP contribution in [0.15, 0.2) is 102 Å². The third-order valence-electron chi connectivity index (χ3n) is 5.53. The minimum Gasteiger partial charge on any atom is -0.111 e. The molecular weight excluding hydrogens is 300 g/mol. The van der Waals surface area contributed by atoms with Gasteiger partial charge >= 0.3 is 0 Å². The zero-order valence-corrected chi connectivity index (χ0v) is 14.7. The Hall–Kier alpha value is -2.82. The number of benzene rings is 3. The van der Waals surface area contributed by atoms with Crippen molar-refractivity contribution in [2.24, 2.45) is 5.92 Å². The summed E-state index contributed by atoms with van der Waals surface area (Å²) in [5.74, 6) is 0.511. The van der Waals surface area contributed by atoms with E-state index in [-0.39, 0.29) is 5.41 Å². The second-order valence-electron chi connectivity index (χ2n) is 6.94. The van der Waals surface area contributed by atoms with Crippen LogP contribution in [0.25, 0.3) is 5.57 Å². The molecule has 0 bridgehead atoms. The largest absolute Gasteiger partial charge is 0.111 e. The Bertz CT molecular complexity index is 888. The summed E-state index contributed by atoms with van der Waals surface area (Å²) in [6.45, 7) is 4.64. The first-order chi connectivity index (χ1) is 12.2. The van der Waals surface area contributed by atoms with Gasteiger partial charge in [0.05, 0.1) is 0 Å². The monoisotopic (exact) mass is 322 g/mol. The maximum absolute atomic E-state index is 3.80. The van der Waals surface area contributed by atoms with Gasteiger partial charge in [0.2, 0.25) is 0 Å². The van der Waals surface area contributed by atoms with Crippen LogP contribution < -0.4 is 0 Å². The van der Waals surface area contributed by atoms with Gasteiger partial charge in [0.15, 0.2) is 0 Å². The molecule has 0 radical (unpaired) electrons. The maximum Gasteiger partial charge on any atom is 0.0309 e. The second kappa shape index (κ2) is 6.24. The molecule has 0 heteroatoms.